The number of hydrogen-bond donors (Lipinski definition) is 0. The molecule has 0 aromatic heterocycles. The summed E-state index contributed by atoms with van der Waals surface area (Å²) in [6, 6.07) is 0. The van der Waals surface area contributed by atoms with Gasteiger partial charge in [0.2, 0.25) is 0 Å². The van der Waals surface area contributed by atoms with E-state index in [2.05, 4.69) is 13.8 Å². The van der Waals surface area contributed by atoms with Gasteiger partial charge in [0.15, 0.2) is 0 Å². The molecule has 5 nitrogen and oxygen atoms in total. The smallest absolute Gasteiger partial charge is 0.268 e. The largest absolute Gasteiger partial charge is 0.756 e. The van der Waals surface area contributed by atoms with E-state index in [4.69, 9.17) is 9.05 Å². The molecule has 0 N–H and O–H groups in total. The molecule has 0 aromatic rings. The quantitative estimate of drug-likeness (QED) is 0.0362. The first kappa shape index (κ1) is 48.1. The zero-order valence-electron chi connectivity index (χ0n) is 33.6. The highest BCUT2D eigenvalue weighted by molar-refractivity contribution is 7.45. The molecule has 0 heterocycles. The highest BCUT2D eigenvalue weighted by atomic mass is 31.2. The molecule has 0 saturated heterocycles. The lowest BCUT2D eigenvalue weighted by Gasteiger charge is -2.28. The Labute approximate surface area is 302 Å². The number of rotatable bonds is 40. The van der Waals surface area contributed by atoms with Gasteiger partial charge in [0.1, 0.15) is 13.2 Å². The van der Waals surface area contributed by atoms with Crippen LogP contribution in [0.3, 0.4) is 0 Å². The van der Waals surface area contributed by atoms with Gasteiger partial charge in [-0.1, -0.05) is 213 Å². The van der Waals surface area contributed by atoms with Crippen molar-refractivity contribution in [1.82, 2.24) is 0 Å². The van der Waals surface area contributed by atoms with Crippen molar-refractivity contribution >= 4 is 7.82 Å². The highest BCUT2D eigenvalue weighted by Crippen LogP contribution is 2.39. The Morgan fingerprint density at radius 2 is 0.729 bits per heavy atom. The first-order chi connectivity index (χ1) is 23.2. The minimum Gasteiger partial charge on any atom is -0.756 e. The van der Waals surface area contributed by atoms with E-state index in [0.717, 1.165) is 12.8 Å². The van der Waals surface area contributed by atoms with E-state index >= 15 is 0 Å². The number of nitrogens with zero attached hydrogens (tertiary/aromatic N) is 1. The van der Waals surface area contributed by atoms with Gasteiger partial charge in [-0.25, -0.2) is 0 Å². The molecule has 290 valence electrons. The lowest BCUT2D eigenvalue weighted by Crippen LogP contribution is -2.37. The molecule has 0 aromatic carbocycles. The van der Waals surface area contributed by atoms with Crippen LogP contribution in [0.1, 0.15) is 226 Å². The minimum absolute atomic E-state index is 0.174. The molecule has 0 amide bonds. The molecule has 0 fully saturated rings. The fourth-order valence-corrected chi connectivity index (χ4v) is 7.53. The van der Waals surface area contributed by atoms with Crippen molar-refractivity contribution in [2.24, 2.45) is 5.92 Å². The van der Waals surface area contributed by atoms with E-state index < -0.39 is 7.82 Å². The first-order valence-corrected chi connectivity index (χ1v) is 23.1. The zero-order valence-corrected chi connectivity index (χ0v) is 34.5. The van der Waals surface area contributed by atoms with E-state index in [-0.39, 0.29) is 13.2 Å². The van der Waals surface area contributed by atoms with Crippen molar-refractivity contribution in [3.05, 3.63) is 0 Å². The Balaban J connectivity index is 4.08. The second kappa shape index (κ2) is 35.5. The Bertz CT molecular complexity index is 683. The lowest BCUT2D eigenvalue weighted by atomic mass is 9.94. The number of likely N-dealkylation sites (N-methyl/N-ethyl adjacent to an activating group) is 1. The van der Waals surface area contributed by atoms with Crippen LogP contribution >= 0.6 is 7.82 Å². The van der Waals surface area contributed by atoms with Crippen molar-refractivity contribution in [1.29, 1.82) is 0 Å². The van der Waals surface area contributed by atoms with Gasteiger partial charge in [0.05, 0.1) is 27.7 Å². The normalized spacial score (nSPS) is 14.0. The van der Waals surface area contributed by atoms with E-state index in [0.29, 0.717) is 16.9 Å². The van der Waals surface area contributed by atoms with Gasteiger partial charge in [-0.05, 0) is 18.8 Å². The lowest BCUT2D eigenvalue weighted by molar-refractivity contribution is -0.870. The highest BCUT2D eigenvalue weighted by Gasteiger charge is 2.17. The molecular formula is C42H88NO4P. The van der Waals surface area contributed by atoms with Crippen LogP contribution in [0.5, 0.6) is 0 Å². The maximum atomic E-state index is 12.4. The van der Waals surface area contributed by atoms with Crippen molar-refractivity contribution in [3.63, 3.8) is 0 Å². The summed E-state index contributed by atoms with van der Waals surface area (Å²) < 4.78 is 23.7. The summed E-state index contributed by atoms with van der Waals surface area (Å²) in [5.41, 5.74) is 0. The summed E-state index contributed by atoms with van der Waals surface area (Å²) in [4.78, 5) is 12.4. The van der Waals surface area contributed by atoms with Crippen LogP contribution in [0.2, 0.25) is 0 Å². The van der Waals surface area contributed by atoms with Gasteiger partial charge in [-0.3, -0.25) is 4.57 Å². The molecule has 0 spiro atoms. The monoisotopic (exact) mass is 702 g/mol. The van der Waals surface area contributed by atoms with Gasteiger partial charge in [-0.15, -0.1) is 0 Å². The number of hydrogen-bond acceptors (Lipinski definition) is 4. The van der Waals surface area contributed by atoms with E-state index in [9.17, 15) is 9.46 Å². The maximum Gasteiger partial charge on any atom is 0.268 e. The van der Waals surface area contributed by atoms with Crippen LogP contribution in [0.15, 0.2) is 0 Å². The second-order valence-electron chi connectivity index (χ2n) is 16.3. The number of quaternary nitrogens is 1. The molecular weight excluding hydrogens is 613 g/mol. The molecule has 0 saturated carbocycles. The number of phosphoric ester groups is 1. The Morgan fingerprint density at radius 1 is 0.458 bits per heavy atom. The van der Waals surface area contributed by atoms with Crippen molar-refractivity contribution < 1.29 is 23.0 Å². The zero-order chi connectivity index (χ0) is 35.4. The molecule has 0 aliphatic carbocycles. The maximum absolute atomic E-state index is 12.4. The fourth-order valence-electron chi connectivity index (χ4n) is 6.76. The second-order valence-corrected chi connectivity index (χ2v) is 17.7. The molecule has 0 rings (SSSR count). The SMILES string of the molecule is CCCCCCCCCCCCCCCCCCC(CCCCCCCCCCCCCCCCC)COP(=O)([O-])OCC[N+](C)(C)C. The summed E-state index contributed by atoms with van der Waals surface area (Å²) in [6.07, 6.45) is 44.7. The standard InChI is InChI=1S/C42H88NO4P/c1-6-8-10-12-14-16-18-20-22-24-26-28-30-32-34-36-38-42(41-47-48(44,45)46-40-39-43(3,4)5)37-35-33-31-29-27-25-23-21-19-17-15-13-11-9-7-2/h42H,6-41H2,1-5H3. The van der Waals surface area contributed by atoms with Crippen LogP contribution in [-0.4, -0.2) is 45.4 Å². The summed E-state index contributed by atoms with van der Waals surface area (Å²) in [6.45, 7) is 5.67. The third kappa shape index (κ3) is 38.9. The predicted octanol–water partition coefficient (Wildman–Crippen LogP) is 13.7. The van der Waals surface area contributed by atoms with Gasteiger partial charge >= 0.3 is 0 Å². The first-order valence-electron chi connectivity index (χ1n) is 21.6. The van der Waals surface area contributed by atoms with Gasteiger partial charge in [-0.2, -0.15) is 0 Å². The van der Waals surface area contributed by atoms with Crippen LogP contribution in [0, 0.1) is 5.92 Å². The molecule has 0 aliphatic heterocycles. The third-order valence-corrected chi connectivity index (χ3v) is 11.1. The summed E-state index contributed by atoms with van der Waals surface area (Å²) >= 11 is 0. The van der Waals surface area contributed by atoms with Crippen molar-refractivity contribution in [2.75, 3.05) is 40.9 Å². The van der Waals surface area contributed by atoms with E-state index in [1.165, 1.54) is 199 Å². The molecule has 0 aliphatic rings. The Kier molecular flexibility index (Phi) is 35.5. The third-order valence-electron chi connectivity index (χ3n) is 10.2. The van der Waals surface area contributed by atoms with Crippen LogP contribution < -0.4 is 4.89 Å². The molecule has 2 unspecified atom stereocenters. The topological polar surface area (TPSA) is 58.6 Å². The molecule has 6 heteroatoms. The average molecular weight is 702 g/mol. The van der Waals surface area contributed by atoms with Crippen LogP contribution in [0.4, 0.5) is 0 Å². The summed E-state index contributed by atoms with van der Waals surface area (Å²) in [5, 5.41) is 0. The summed E-state index contributed by atoms with van der Waals surface area (Å²) in [7, 11) is 1.86. The Hall–Kier alpha value is 0.0700. The average Bonchev–Trinajstić information content (AvgIpc) is 3.04. The van der Waals surface area contributed by atoms with E-state index in [1.807, 2.05) is 21.1 Å². The van der Waals surface area contributed by atoms with Crippen LogP contribution in [0.25, 0.3) is 0 Å². The van der Waals surface area contributed by atoms with Gasteiger partial charge in [0, 0.05) is 0 Å². The molecule has 48 heavy (non-hydrogen) atoms. The minimum atomic E-state index is -4.24. The molecule has 0 bridgehead atoms. The van der Waals surface area contributed by atoms with Crippen LogP contribution in [-0.2, 0) is 13.6 Å². The fraction of sp³-hybridized carbons (Fsp3) is 1.00. The summed E-state index contributed by atoms with van der Waals surface area (Å²) in [5.74, 6) is 0.308. The van der Waals surface area contributed by atoms with Gasteiger partial charge in [0.25, 0.3) is 7.82 Å². The van der Waals surface area contributed by atoms with E-state index in [1.54, 1.807) is 0 Å². The number of unbranched alkanes of at least 4 members (excludes halogenated alkanes) is 29. The van der Waals surface area contributed by atoms with Crippen molar-refractivity contribution in [2.45, 2.75) is 226 Å². The molecule has 2 atom stereocenters. The van der Waals surface area contributed by atoms with Gasteiger partial charge < -0.3 is 18.4 Å². The predicted molar refractivity (Wildman–Crippen MR) is 210 cm³/mol. The molecule has 0 radical (unpaired) electrons. The Morgan fingerprint density at radius 3 is 1.00 bits per heavy atom. The number of phosphoric acid groups is 1. The van der Waals surface area contributed by atoms with Crippen molar-refractivity contribution in [3.8, 4) is 0 Å².